The molecule has 1 aromatic heterocycles. The number of halogens is 1. The molecular formula is C22H24FN5. The lowest BCUT2D eigenvalue weighted by molar-refractivity contribution is 0.248. The van der Waals surface area contributed by atoms with Crippen LogP contribution in [-0.4, -0.2) is 41.0 Å². The number of anilines is 3. The first kappa shape index (κ1) is 18.4. The van der Waals surface area contributed by atoms with E-state index in [-0.39, 0.29) is 5.82 Å². The van der Waals surface area contributed by atoms with Crippen LogP contribution in [0, 0.1) is 12.7 Å². The Balaban J connectivity index is 1.40. The molecule has 1 saturated heterocycles. The summed E-state index contributed by atoms with van der Waals surface area (Å²) < 4.78 is 13.1. The molecule has 6 heteroatoms. The summed E-state index contributed by atoms with van der Waals surface area (Å²) >= 11 is 0. The minimum atomic E-state index is -0.251. The Bertz CT molecular complexity index is 906. The average molecular weight is 377 g/mol. The van der Waals surface area contributed by atoms with E-state index in [0.717, 1.165) is 55.9 Å². The second-order valence-corrected chi connectivity index (χ2v) is 7.08. The molecule has 2 aromatic carbocycles. The molecule has 0 unspecified atom stereocenters. The van der Waals surface area contributed by atoms with Crippen molar-refractivity contribution in [2.45, 2.75) is 13.5 Å². The number of nitrogens with zero attached hydrogens (tertiary/aromatic N) is 4. The van der Waals surface area contributed by atoms with Crippen LogP contribution in [0.5, 0.6) is 0 Å². The van der Waals surface area contributed by atoms with Gasteiger partial charge in [0.05, 0.1) is 0 Å². The highest BCUT2D eigenvalue weighted by Gasteiger charge is 2.19. The molecule has 0 aliphatic carbocycles. The van der Waals surface area contributed by atoms with E-state index in [1.165, 1.54) is 17.7 Å². The van der Waals surface area contributed by atoms with E-state index < -0.39 is 0 Å². The molecule has 1 aliphatic rings. The van der Waals surface area contributed by atoms with Gasteiger partial charge in [-0.1, -0.05) is 30.3 Å². The van der Waals surface area contributed by atoms with Crippen LogP contribution in [0.3, 0.4) is 0 Å². The van der Waals surface area contributed by atoms with E-state index in [9.17, 15) is 4.39 Å². The first-order chi connectivity index (χ1) is 13.7. The van der Waals surface area contributed by atoms with Crippen molar-refractivity contribution in [1.82, 2.24) is 14.9 Å². The van der Waals surface area contributed by atoms with Crippen molar-refractivity contribution in [2.75, 3.05) is 36.4 Å². The number of aryl methyl sites for hydroxylation is 1. The van der Waals surface area contributed by atoms with Gasteiger partial charge in [-0.3, -0.25) is 4.90 Å². The molecule has 144 valence electrons. The SMILES string of the molecule is Cc1cc(Nc2ccc(F)cc2)nc(N2CCN(Cc3ccccc3)CC2)n1. The lowest BCUT2D eigenvalue weighted by Crippen LogP contribution is -2.46. The smallest absolute Gasteiger partial charge is 0.227 e. The van der Waals surface area contributed by atoms with Gasteiger partial charge < -0.3 is 10.2 Å². The number of hydrogen-bond acceptors (Lipinski definition) is 5. The van der Waals surface area contributed by atoms with Gasteiger partial charge in [0.2, 0.25) is 5.95 Å². The number of nitrogens with one attached hydrogen (secondary N) is 1. The molecule has 28 heavy (non-hydrogen) atoms. The first-order valence-corrected chi connectivity index (χ1v) is 9.55. The van der Waals surface area contributed by atoms with Gasteiger partial charge in [0, 0.05) is 50.2 Å². The van der Waals surface area contributed by atoms with Crippen molar-refractivity contribution in [1.29, 1.82) is 0 Å². The van der Waals surface area contributed by atoms with Crippen LogP contribution < -0.4 is 10.2 Å². The van der Waals surface area contributed by atoms with Gasteiger partial charge in [0.1, 0.15) is 11.6 Å². The van der Waals surface area contributed by atoms with Crippen molar-refractivity contribution in [3.63, 3.8) is 0 Å². The second-order valence-electron chi connectivity index (χ2n) is 7.08. The van der Waals surface area contributed by atoms with Crippen LogP contribution in [0.15, 0.2) is 60.7 Å². The minimum absolute atomic E-state index is 0.251. The maximum atomic E-state index is 13.1. The third-order valence-electron chi connectivity index (χ3n) is 4.86. The predicted molar refractivity (Wildman–Crippen MR) is 110 cm³/mol. The van der Waals surface area contributed by atoms with E-state index in [1.54, 1.807) is 12.1 Å². The highest BCUT2D eigenvalue weighted by atomic mass is 19.1. The van der Waals surface area contributed by atoms with Gasteiger partial charge in [0.15, 0.2) is 0 Å². The van der Waals surface area contributed by atoms with Crippen molar-refractivity contribution in [2.24, 2.45) is 0 Å². The number of aromatic nitrogens is 2. The van der Waals surface area contributed by atoms with Crippen molar-refractivity contribution in [3.8, 4) is 0 Å². The Morgan fingerprint density at radius 1 is 0.929 bits per heavy atom. The second kappa shape index (κ2) is 8.35. The Morgan fingerprint density at radius 2 is 1.64 bits per heavy atom. The molecule has 3 aromatic rings. The van der Waals surface area contributed by atoms with Crippen molar-refractivity contribution >= 4 is 17.5 Å². The molecule has 0 radical (unpaired) electrons. The van der Waals surface area contributed by atoms with E-state index >= 15 is 0 Å². The molecular weight excluding hydrogens is 353 g/mol. The van der Waals surface area contributed by atoms with Gasteiger partial charge in [-0.2, -0.15) is 4.98 Å². The molecule has 1 aliphatic heterocycles. The summed E-state index contributed by atoms with van der Waals surface area (Å²) in [5.74, 6) is 1.21. The van der Waals surface area contributed by atoms with Crippen molar-refractivity contribution in [3.05, 3.63) is 77.7 Å². The quantitative estimate of drug-likeness (QED) is 0.728. The molecule has 5 nitrogen and oxygen atoms in total. The van der Waals surface area contributed by atoms with Gasteiger partial charge in [-0.05, 0) is 36.8 Å². The standard InChI is InChI=1S/C22H24FN5/c1-17-15-21(25-20-9-7-19(23)8-10-20)26-22(24-17)28-13-11-27(12-14-28)16-18-5-3-2-4-6-18/h2-10,15H,11-14,16H2,1H3,(H,24,25,26). The van der Waals surface area contributed by atoms with Crippen LogP contribution >= 0.6 is 0 Å². The summed E-state index contributed by atoms with van der Waals surface area (Å²) in [7, 11) is 0. The van der Waals surface area contributed by atoms with Gasteiger partial charge in [-0.25, -0.2) is 9.37 Å². The van der Waals surface area contributed by atoms with Gasteiger partial charge in [-0.15, -0.1) is 0 Å². The van der Waals surface area contributed by atoms with Gasteiger partial charge in [0.25, 0.3) is 0 Å². The van der Waals surface area contributed by atoms with E-state index in [1.807, 2.05) is 19.1 Å². The molecule has 0 bridgehead atoms. The van der Waals surface area contributed by atoms with E-state index in [4.69, 9.17) is 0 Å². The minimum Gasteiger partial charge on any atom is -0.340 e. The monoisotopic (exact) mass is 377 g/mol. The summed E-state index contributed by atoms with van der Waals surface area (Å²) in [6.07, 6.45) is 0. The fraction of sp³-hybridized carbons (Fsp3) is 0.273. The van der Waals surface area contributed by atoms with Crippen LogP contribution in [0.25, 0.3) is 0 Å². The van der Waals surface area contributed by atoms with E-state index in [2.05, 4.69) is 49.4 Å². The number of hydrogen-bond donors (Lipinski definition) is 1. The molecule has 1 N–H and O–H groups in total. The first-order valence-electron chi connectivity index (χ1n) is 9.55. The summed E-state index contributed by atoms with van der Waals surface area (Å²) in [6, 6.07) is 18.7. The van der Waals surface area contributed by atoms with E-state index in [0.29, 0.717) is 0 Å². The topological polar surface area (TPSA) is 44.3 Å². The summed E-state index contributed by atoms with van der Waals surface area (Å²) in [5, 5.41) is 3.24. The normalized spacial score (nSPS) is 14.9. The number of benzene rings is 2. The van der Waals surface area contributed by atoms with Crippen LogP contribution in [0.4, 0.5) is 21.8 Å². The molecule has 0 atom stereocenters. The zero-order chi connectivity index (χ0) is 19.3. The number of rotatable bonds is 5. The molecule has 0 saturated carbocycles. The number of piperazine rings is 1. The Labute approximate surface area is 164 Å². The highest BCUT2D eigenvalue weighted by molar-refractivity contribution is 5.57. The predicted octanol–water partition coefficient (Wildman–Crippen LogP) is 3.99. The zero-order valence-electron chi connectivity index (χ0n) is 16.0. The summed E-state index contributed by atoms with van der Waals surface area (Å²) in [6.45, 7) is 6.69. The Morgan fingerprint density at radius 3 is 2.36 bits per heavy atom. The third kappa shape index (κ3) is 4.64. The highest BCUT2D eigenvalue weighted by Crippen LogP contribution is 2.20. The Hall–Kier alpha value is -2.99. The lowest BCUT2D eigenvalue weighted by atomic mass is 10.2. The van der Waals surface area contributed by atoms with Crippen LogP contribution in [-0.2, 0) is 6.54 Å². The maximum Gasteiger partial charge on any atom is 0.227 e. The van der Waals surface area contributed by atoms with Crippen LogP contribution in [0.2, 0.25) is 0 Å². The van der Waals surface area contributed by atoms with Crippen molar-refractivity contribution < 1.29 is 4.39 Å². The zero-order valence-corrected chi connectivity index (χ0v) is 16.0. The molecule has 0 amide bonds. The maximum absolute atomic E-state index is 13.1. The fourth-order valence-electron chi connectivity index (χ4n) is 3.39. The Kier molecular flexibility index (Phi) is 5.48. The summed E-state index contributed by atoms with van der Waals surface area (Å²) in [4.78, 5) is 14.0. The molecule has 2 heterocycles. The average Bonchev–Trinajstić information content (AvgIpc) is 2.71. The largest absolute Gasteiger partial charge is 0.340 e. The van der Waals surface area contributed by atoms with Crippen LogP contribution in [0.1, 0.15) is 11.3 Å². The fourth-order valence-corrected chi connectivity index (χ4v) is 3.39. The third-order valence-corrected chi connectivity index (χ3v) is 4.86. The van der Waals surface area contributed by atoms with Gasteiger partial charge >= 0.3 is 0 Å². The lowest BCUT2D eigenvalue weighted by Gasteiger charge is -2.35. The molecule has 0 spiro atoms. The molecule has 4 rings (SSSR count). The summed E-state index contributed by atoms with van der Waals surface area (Å²) in [5.41, 5.74) is 3.05. The molecule has 1 fully saturated rings.